The summed E-state index contributed by atoms with van der Waals surface area (Å²) in [6.07, 6.45) is 0. The van der Waals surface area contributed by atoms with Gasteiger partial charge in [-0.25, -0.2) is 18.4 Å². The van der Waals surface area contributed by atoms with E-state index in [2.05, 4.69) is 20.4 Å². The first-order chi connectivity index (χ1) is 16.9. The zero-order valence-electron chi connectivity index (χ0n) is 19.6. The van der Waals surface area contributed by atoms with Gasteiger partial charge in [-0.3, -0.25) is 4.90 Å². The van der Waals surface area contributed by atoms with Crippen molar-refractivity contribution in [3.63, 3.8) is 0 Å². The number of nitrogens with one attached hydrogen (secondary N) is 2. The van der Waals surface area contributed by atoms with E-state index in [9.17, 15) is 18.4 Å². The summed E-state index contributed by atoms with van der Waals surface area (Å²) < 4.78 is 37.9. The first-order valence-electron chi connectivity index (χ1n) is 11.4. The molecule has 2 aliphatic rings. The topological polar surface area (TPSA) is 83.1 Å². The first kappa shape index (κ1) is 24.5. The van der Waals surface area contributed by atoms with Gasteiger partial charge in [0.05, 0.1) is 25.3 Å². The Morgan fingerprint density at radius 1 is 1.06 bits per heavy atom. The summed E-state index contributed by atoms with van der Waals surface area (Å²) in [5.74, 6) is -1.90. The van der Waals surface area contributed by atoms with Crippen LogP contribution in [-0.2, 0) is 9.53 Å². The molecule has 1 saturated heterocycles. The van der Waals surface area contributed by atoms with E-state index in [4.69, 9.17) is 9.47 Å². The van der Waals surface area contributed by atoms with Crippen molar-refractivity contribution >= 4 is 17.7 Å². The van der Waals surface area contributed by atoms with E-state index in [1.807, 2.05) is 24.3 Å². The van der Waals surface area contributed by atoms with Crippen LogP contribution in [0, 0.1) is 11.6 Å². The molecule has 2 heterocycles. The highest BCUT2D eigenvalue weighted by Crippen LogP contribution is 2.29. The lowest BCUT2D eigenvalue weighted by Gasteiger charge is -2.38. The maximum Gasteiger partial charge on any atom is 0.338 e. The van der Waals surface area contributed by atoms with E-state index in [0.29, 0.717) is 25.3 Å². The number of esters is 1. The van der Waals surface area contributed by atoms with Gasteiger partial charge >= 0.3 is 12.0 Å². The summed E-state index contributed by atoms with van der Waals surface area (Å²) in [5, 5.41) is 5.37. The highest BCUT2D eigenvalue weighted by molar-refractivity contribution is 5.95. The quantitative estimate of drug-likeness (QED) is 0.586. The van der Waals surface area contributed by atoms with Crippen molar-refractivity contribution in [3.05, 3.63) is 70.9 Å². The molecular weight excluding hydrogens is 458 g/mol. The van der Waals surface area contributed by atoms with Crippen LogP contribution in [0.2, 0.25) is 0 Å². The number of nitrogens with zero attached hydrogens (tertiary/aromatic N) is 2. The van der Waals surface area contributed by atoms with Crippen LogP contribution in [0.15, 0.2) is 53.7 Å². The number of amides is 2. The summed E-state index contributed by atoms with van der Waals surface area (Å²) in [6.45, 7) is 5.03. The average molecular weight is 487 g/mol. The third kappa shape index (κ3) is 5.54. The normalized spacial score (nSPS) is 18.7. The lowest BCUT2D eigenvalue weighted by molar-refractivity contribution is -0.139. The molecular formula is C25H28F2N4O4. The van der Waals surface area contributed by atoms with E-state index in [1.54, 1.807) is 14.0 Å². The Bertz CT molecular complexity index is 1110. The number of urea groups is 1. The summed E-state index contributed by atoms with van der Waals surface area (Å²) in [7, 11) is 1.63. The van der Waals surface area contributed by atoms with Crippen LogP contribution in [0.4, 0.5) is 19.3 Å². The summed E-state index contributed by atoms with van der Waals surface area (Å²) in [5.41, 5.74) is 1.91. The van der Waals surface area contributed by atoms with Gasteiger partial charge in [-0.05, 0) is 48.9 Å². The number of methoxy groups -OCH3 is 1. The monoisotopic (exact) mass is 486 g/mol. The summed E-state index contributed by atoms with van der Waals surface area (Å²) >= 11 is 0. The number of piperazine rings is 1. The molecule has 2 aliphatic heterocycles. The second kappa shape index (κ2) is 10.7. The van der Waals surface area contributed by atoms with Gasteiger partial charge in [0.2, 0.25) is 0 Å². The van der Waals surface area contributed by atoms with Crippen LogP contribution in [0.3, 0.4) is 0 Å². The van der Waals surface area contributed by atoms with Crippen LogP contribution in [-0.4, -0.2) is 63.3 Å². The number of halogens is 2. The predicted molar refractivity (Wildman–Crippen MR) is 126 cm³/mol. The molecule has 0 aliphatic carbocycles. The van der Waals surface area contributed by atoms with Gasteiger partial charge in [0.25, 0.3) is 0 Å². The molecule has 8 nitrogen and oxygen atoms in total. The second-order valence-electron chi connectivity index (χ2n) is 8.28. The van der Waals surface area contributed by atoms with Gasteiger partial charge in [-0.15, -0.1) is 0 Å². The first-order valence-corrected chi connectivity index (χ1v) is 11.4. The van der Waals surface area contributed by atoms with Crippen molar-refractivity contribution < 1.29 is 27.8 Å². The number of anilines is 1. The molecule has 1 fully saturated rings. The van der Waals surface area contributed by atoms with Gasteiger partial charge in [0, 0.05) is 44.1 Å². The molecule has 35 heavy (non-hydrogen) atoms. The molecule has 2 amide bonds. The van der Waals surface area contributed by atoms with E-state index < -0.39 is 29.7 Å². The maximum atomic E-state index is 13.9. The SMILES string of the molecule is CCOC(=O)C1=C(CN2CCN(c3ccc(OC)cc3)CC2)NC(=O)N[C@@H]1c1ccc(F)c(F)c1. The van der Waals surface area contributed by atoms with E-state index >= 15 is 0 Å². The maximum absolute atomic E-state index is 13.9. The molecule has 0 aromatic heterocycles. The predicted octanol–water partition coefficient (Wildman–Crippen LogP) is 2.97. The Hall–Kier alpha value is -3.66. The number of rotatable bonds is 7. The van der Waals surface area contributed by atoms with E-state index in [-0.39, 0.29) is 17.7 Å². The lowest BCUT2D eigenvalue weighted by Crippen LogP contribution is -2.51. The fourth-order valence-electron chi connectivity index (χ4n) is 4.32. The fourth-order valence-corrected chi connectivity index (χ4v) is 4.32. The van der Waals surface area contributed by atoms with Gasteiger partial charge in [-0.2, -0.15) is 0 Å². The molecule has 0 radical (unpaired) electrons. The largest absolute Gasteiger partial charge is 0.497 e. The van der Waals surface area contributed by atoms with Crippen LogP contribution < -0.4 is 20.3 Å². The molecule has 186 valence electrons. The standard InChI is InChI=1S/C25H28F2N4O4/c1-3-35-24(32)22-21(28-25(33)29-23(22)16-4-9-19(26)20(27)14-16)15-30-10-12-31(13-11-30)17-5-7-18(34-2)8-6-17/h4-9,14,23H,3,10-13,15H2,1-2H3,(H2,28,29,33)/t23-/m1/s1. The Kier molecular flexibility index (Phi) is 7.50. The van der Waals surface area contributed by atoms with Crippen LogP contribution in [0.25, 0.3) is 0 Å². The van der Waals surface area contributed by atoms with Crippen molar-refractivity contribution in [2.24, 2.45) is 0 Å². The number of hydrogen-bond acceptors (Lipinski definition) is 6. The smallest absolute Gasteiger partial charge is 0.338 e. The van der Waals surface area contributed by atoms with E-state index in [1.165, 1.54) is 6.07 Å². The Morgan fingerprint density at radius 3 is 2.40 bits per heavy atom. The highest BCUT2D eigenvalue weighted by Gasteiger charge is 2.35. The Morgan fingerprint density at radius 2 is 1.77 bits per heavy atom. The third-order valence-electron chi connectivity index (χ3n) is 6.12. The van der Waals surface area contributed by atoms with Crippen molar-refractivity contribution in [1.29, 1.82) is 0 Å². The van der Waals surface area contributed by atoms with Crippen molar-refractivity contribution in [1.82, 2.24) is 15.5 Å². The minimum atomic E-state index is -1.06. The zero-order valence-corrected chi connectivity index (χ0v) is 19.6. The summed E-state index contributed by atoms with van der Waals surface area (Å²) in [4.78, 5) is 29.7. The minimum absolute atomic E-state index is 0.134. The van der Waals surface area contributed by atoms with E-state index in [0.717, 1.165) is 36.7 Å². The average Bonchev–Trinajstić information content (AvgIpc) is 2.86. The number of carbonyl (C=O) groups excluding carboxylic acids is 2. The minimum Gasteiger partial charge on any atom is -0.497 e. The fraction of sp³-hybridized carbons (Fsp3) is 0.360. The van der Waals surface area contributed by atoms with Crippen molar-refractivity contribution in [3.8, 4) is 5.75 Å². The van der Waals surface area contributed by atoms with Crippen molar-refractivity contribution in [2.45, 2.75) is 13.0 Å². The molecule has 2 N–H and O–H groups in total. The van der Waals surface area contributed by atoms with Crippen LogP contribution in [0.5, 0.6) is 5.75 Å². The second-order valence-corrected chi connectivity index (χ2v) is 8.28. The van der Waals surface area contributed by atoms with Crippen molar-refractivity contribution in [2.75, 3.05) is 51.3 Å². The number of carbonyl (C=O) groups is 2. The highest BCUT2D eigenvalue weighted by atomic mass is 19.2. The lowest BCUT2D eigenvalue weighted by atomic mass is 9.94. The molecule has 4 rings (SSSR count). The molecule has 0 spiro atoms. The molecule has 0 saturated carbocycles. The molecule has 2 aromatic rings. The molecule has 2 aromatic carbocycles. The number of ether oxygens (including phenoxy) is 2. The third-order valence-corrected chi connectivity index (χ3v) is 6.12. The van der Waals surface area contributed by atoms with Gasteiger partial charge in [0.15, 0.2) is 11.6 Å². The van der Waals surface area contributed by atoms with Crippen LogP contribution in [0.1, 0.15) is 18.5 Å². The molecule has 10 heteroatoms. The number of benzene rings is 2. The van der Waals surface area contributed by atoms with Gasteiger partial charge in [-0.1, -0.05) is 6.07 Å². The van der Waals surface area contributed by atoms with Crippen LogP contribution >= 0.6 is 0 Å². The Balaban J connectivity index is 1.54. The van der Waals surface area contributed by atoms with Gasteiger partial charge in [0.1, 0.15) is 5.75 Å². The van der Waals surface area contributed by atoms with Gasteiger partial charge < -0.3 is 25.0 Å². The number of hydrogen-bond donors (Lipinski definition) is 2. The Labute approximate surface area is 202 Å². The molecule has 0 bridgehead atoms. The summed E-state index contributed by atoms with van der Waals surface area (Å²) in [6, 6.07) is 9.66. The molecule has 1 atom stereocenters. The molecule has 0 unspecified atom stereocenters. The zero-order chi connectivity index (χ0) is 24.9.